The highest BCUT2D eigenvalue weighted by molar-refractivity contribution is 7.92. The highest BCUT2D eigenvalue weighted by Gasteiger charge is 2.20. The first-order valence-electron chi connectivity index (χ1n) is 8.71. The van der Waals surface area contributed by atoms with Gasteiger partial charge in [-0.05, 0) is 61.7 Å². The molecule has 0 aromatic heterocycles. The predicted octanol–water partition coefficient (Wildman–Crippen LogP) is 3.50. The quantitative estimate of drug-likeness (QED) is 0.785. The van der Waals surface area contributed by atoms with Gasteiger partial charge in [-0.2, -0.15) is 0 Å². The molecule has 0 heterocycles. The molecular weight excluding hydrogens is 364 g/mol. The van der Waals surface area contributed by atoms with Crippen molar-refractivity contribution in [3.63, 3.8) is 0 Å². The Morgan fingerprint density at radius 2 is 1.78 bits per heavy atom. The summed E-state index contributed by atoms with van der Waals surface area (Å²) in [5.74, 6) is 0.284. The maximum absolute atomic E-state index is 12.6. The van der Waals surface area contributed by atoms with Gasteiger partial charge in [-0.3, -0.25) is 9.10 Å². The van der Waals surface area contributed by atoms with Crippen molar-refractivity contribution >= 4 is 27.3 Å². The molecule has 0 saturated carbocycles. The first-order valence-corrected chi connectivity index (χ1v) is 10.6. The summed E-state index contributed by atoms with van der Waals surface area (Å²) in [5, 5.41) is 2.92. The van der Waals surface area contributed by atoms with Crippen LogP contribution in [0, 0.1) is 13.8 Å². The fraction of sp³-hybridized carbons (Fsp3) is 0.350. The third-order valence-electron chi connectivity index (χ3n) is 4.50. The number of carbonyl (C=O) groups excluding carboxylic acids is 1. The standard InChI is InChI=1S/C20H26N2O4S/c1-6-19(20(23)21-18-9-7-8-14(2)15(18)3)26-17-12-10-16(11-13-17)22(4)27(5,24)25/h7-13,19H,6H2,1-5H3,(H,21,23). The van der Waals surface area contributed by atoms with Gasteiger partial charge in [0.1, 0.15) is 5.75 Å². The Morgan fingerprint density at radius 1 is 1.15 bits per heavy atom. The van der Waals surface area contributed by atoms with Gasteiger partial charge < -0.3 is 10.1 Å². The predicted molar refractivity (Wildman–Crippen MR) is 109 cm³/mol. The number of anilines is 2. The third kappa shape index (κ3) is 5.23. The second-order valence-corrected chi connectivity index (χ2v) is 8.49. The summed E-state index contributed by atoms with van der Waals surface area (Å²) < 4.78 is 30.2. The number of sulfonamides is 1. The van der Waals surface area contributed by atoms with Crippen molar-refractivity contribution < 1.29 is 17.9 Å². The Labute approximate surface area is 161 Å². The summed E-state index contributed by atoms with van der Waals surface area (Å²) in [6.07, 6.45) is 0.993. The van der Waals surface area contributed by atoms with Crippen LogP contribution < -0.4 is 14.4 Å². The monoisotopic (exact) mass is 390 g/mol. The van der Waals surface area contributed by atoms with E-state index in [0.29, 0.717) is 17.9 Å². The molecule has 0 aliphatic carbocycles. The van der Waals surface area contributed by atoms with Gasteiger partial charge in [0.2, 0.25) is 10.0 Å². The van der Waals surface area contributed by atoms with E-state index in [2.05, 4.69) is 5.32 Å². The van der Waals surface area contributed by atoms with Gasteiger partial charge in [0.15, 0.2) is 6.10 Å². The maximum Gasteiger partial charge on any atom is 0.265 e. The average molecular weight is 391 g/mol. The molecule has 2 rings (SSSR count). The number of amides is 1. The average Bonchev–Trinajstić information content (AvgIpc) is 2.62. The number of nitrogens with zero attached hydrogens (tertiary/aromatic N) is 1. The van der Waals surface area contributed by atoms with Gasteiger partial charge in [-0.1, -0.05) is 19.1 Å². The van der Waals surface area contributed by atoms with Crippen LogP contribution in [0.1, 0.15) is 24.5 Å². The van der Waals surface area contributed by atoms with Crippen LogP contribution >= 0.6 is 0 Å². The van der Waals surface area contributed by atoms with E-state index >= 15 is 0 Å². The largest absolute Gasteiger partial charge is 0.481 e. The molecule has 0 bridgehead atoms. The molecule has 146 valence electrons. The molecule has 0 fully saturated rings. The fourth-order valence-electron chi connectivity index (χ4n) is 2.51. The Bertz CT molecular complexity index is 908. The van der Waals surface area contributed by atoms with Crippen molar-refractivity contribution in [2.24, 2.45) is 0 Å². The van der Waals surface area contributed by atoms with E-state index in [4.69, 9.17) is 4.74 Å². The van der Waals surface area contributed by atoms with Crippen LogP contribution in [0.5, 0.6) is 5.75 Å². The van der Waals surface area contributed by atoms with E-state index in [-0.39, 0.29) is 5.91 Å². The van der Waals surface area contributed by atoms with Crippen LogP contribution in [0.25, 0.3) is 0 Å². The van der Waals surface area contributed by atoms with Crippen molar-refractivity contribution in [2.45, 2.75) is 33.3 Å². The molecule has 0 radical (unpaired) electrons. The van der Waals surface area contributed by atoms with E-state index in [1.165, 1.54) is 11.4 Å². The van der Waals surface area contributed by atoms with Crippen molar-refractivity contribution in [2.75, 3.05) is 22.9 Å². The molecule has 2 aromatic carbocycles. The first kappa shape index (κ1) is 20.8. The molecule has 0 aliphatic rings. The molecule has 6 nitrogen and oxygen atoms in total. The molecule has 0 saturated heterocycles. The molecule has 1 unspecified atom stereocenters. The molecule has 2 aromatic rings. The van der Waals surface area contributed by atoms with Crippen molar-refractivity contribution in [1.82, 2.24) is 0 Å². The van der Waals surface area contributed by atoms with Gasteiger partial charge in [0.05, 0.1) is 11.9 Å². The Morgan fingerprint density at radius 3 is 2.33 bits per heavy atom. The van der Waals surface area contributed by atoms with E-state index in [1.54, 1.807) is 24.3 Å². The normalized spacial score (nSPS) is 12.3. The number of hydrogen-bond acceptors (Lipinski definition) is 4. The molecule has 1 atom stereocenters. The van der Waals surface area contributed by atoms with Crippen molar-refractivity contribution in [3.05, 3.63) is 53.6 Å². The van der Waals surface area contributed by atoms with E-state index < -0.39 is 16.1 Å². The van der Waals surface area contributed by atoms with Gasteiger partial charge in [0, 0.05) is 12.7 Å². The molecular formula is C20H26N2O4S. The second-order valence-electron chi connectivity index (χ2n) is 6.48. The number of carbonyl (C=O) groups is 1. The summed E-state index contributed by atoms with van der Waals surface area (Å²) in [4.78, 5) is 12.6. The highest BCUT2D eigenvalue weighted by atomic mass is 32.2. The topological polar surface area (TPSA) is 75.7 Å². The summed E-state index contributed by atoms with van der Waals surface area (Å²) in [6, 6.07) is 12.4. The SMILES string of the molecule is CCC(Oc1ccc(N(C)S(C)(=O)=O)cc1)C(=O)Nc1cccc(C)c1C. The minimum absolute atomic E-state index is 0.219. The van der Waals surface area contributed by atoms with Crippen LogP contribution in [0.15, 0.2) is 42.5 Å². The summed E-state index contributed by atoms with van der Waals surface area (Å²) in [5.41, 5.74) is 3.42. The summed E-state index contributed by atoms with van der Waals surface area (Å²) in [6.45, 7) is 5.83. The van der Waals surface area contributed by atoms with Crippen LogP contribution in [-0.2, 0) is 14.8 Å². The number of aryl methyl sites for hydroxylation is 1. The molecule has 0 spiro atoms. The minimum Gasteiger partial charge on any atom is -0.481 e. The Kier molecular flexibility index (Phi) is 6.49. The van der Waals surface area contributed by atoms with E-state index in [1.807, 2.05) is 39.0 Å². The van der Waals surface area contributed by atoms with Crippen LogP contribution in [-0.4, -0.2) is 33.7 Å². The zero-order valence-electron chi connectivity index (χ0n) is 16.3. The summed E-state index contributed by atoms with van der Waals surface area (Å²) in [7, 11) is -1.84. The molecule has 7 heteroatoms. The third-order valence-corrected chi connectivity index (χ3v) is 5.71. The Hall–Kier alpha value is -2.54. The minimum atomic E-state index is -3.32. The van der Waals surface area contributed by atoms with Crippen LogP contribution in [0.4, 0.5) is 11.4 Å². The second kappa shape index (κ2) is 8.43. The first-order chi connectivity index (χ1) is 12.6. The zero-order chi connectivity index (χ0) is 20.2. The lowest BCUT2D eigenvalue weighted by Crippen LogP contribution is -2.32. The lowest BCUT2D eigenvalue weighted by atomic mass is 10.1. The van der Waals surface area contributed by atoms with Crippen molar-refractivity contribution in [3.8, 4) is 5.75 Å². The lowest BCUT2D eigenvalue weighted by Gasteiger charge is -2.20. The smallest absolute Gasteiger partial charge is 0.265 e. The molecule has 1 N–H and O–H groups in total. The number of hydrogen-bond donors (Lipinski definition) is 1. The molecule has 0 aliphatic heterocycles. The van der Waals surface area contributed by atoms with E-state index in [0.717, 1.165) is 23.1 Å². The number of nitrogens with one attached hydrogen (secondary N) is 1. The van der Waals surface area contributed by atoms with Gasteiger partial charge in [-0.25, -0.2) is 8.42 Å². The Balaban J connectivity index is 2.10. The fourth-order valence-corrected chi connectivity index (χ4v) is 3.02. The van der Waals surface area contributed by atoms with Gasteiger partial charge in [0.25, 0.3) is 5.91 Å². The number of rotatable bonds is 7. The van der Waals surface area contributed by atoms with E-state index in [9.17, 15) is 13.2 Å². The molecule has 27 heavy (non-hydrogen) atoms. The number of benzene rings is 2. The lowest BCUT2D eigenvalue weighted by molar-refractivity contribution is -0.122. The highest BCUT2D eigenvalue weighted by Crippen LogP contribution is 2.23. The summed E-state index contributed by atoms with van der Waals surface area (Å²) >= 11 is 0. The number of ether oxygens (including phenoxy) is 1. The van der Waals surface area contributed by atoms with Crippen LogP contribution in [0.2, 0.25) is 0 Å². The van der Waals surface area contributed by atoms with Gasteiger partial charge >= 0.3 is 0 Å². The molecule has 1 amide bonds. The van der Waals surface area contributed by atoms with Gasteiger partial charge in [-0.15, -0.1) is 0 Å². The maximum atomic E-state index is 12.6. The van der Waals surface area contributed by atoms with Crippen molar-refractivity contribution in [1.29, 1.82) is 0 Å². The van der Waals surface area contributed by atoms with Crippen LogP contribution in [0.3, 0.4) is 0 Å². The zero-order valence-corrected chi connectivity index (χ0v) is 17.1.